The number of nitrogens with zero attached hydrogens (tertiary/aromatic N) is 1. The average molecular weight is 181 g/mol. The van der Waals surface area contributed by atoms with Gasteiger partial charge >= 0.3 is 5.97 Å². The summed E-state index contributed by atoms with van der Waals surface area (Å²) in [6, 6.07) is 1.72. The van der Waals surface area contributed by atoms with Gasteiger partial charge in [-0.2, -0.15) is 0 Å². The highest BCUT2D eigenvalue weighted by Crippen LogP contribution is 2.23. The zero-order chi connectivity index (χ0) is 10.2. The summed E-state index contributed by atoms with van der Waals surface area (Å²) in [5.41, 5.74) is 1.39. The van der Waals surface area contributed by atoms with E-state index in [1.807, 2.05) is 6.20 Å². The molecule has 0 amide bonds. The third-order valence-corrected chi connectivity index (χ3v) is 2.09. The minimum Gasteiger partial charge on any atom is -0.477 e. The molecule has 0 aliphatic heterocycles. The molecular formula is C10H15NO2. The second-order valence-electron chi connectivity index (χ2n) is 4.28. The molecule has 1 rings (SSSR count). The summed E-state index contributed by atoms with van der Waals surface area (Å²) < 4.78 is 1.64. The molecule has 0 atom stereocenters. The summed E-state index contributed by atoms with van der Waals surface area (Å²) in [5.74, 6) is -0.877. The zero-order valence-corrected chi connectivity index (χ0v) is 8.46. The number of aromatic nitrogens is 1. The third kappa shape index (κ3) is 1.91. The van der Waals surface area contributed by atoms with Crippen molar-refractivity contribution in [1.82, 2.24) is 4.57 Å². The van der Waals surface area contributed by atoms with E-state index in [-0.39, 0.29) is 5.41 Å². The summed E-state index contributed by atoms with van der Waals surface area (Å²) in [7, 11) is 1.75. The van der Waals surface area contributed by atoms with Crippen LogP contribution in [0.5, 0.6) is 0 Å². The van der Waals surface area contributed by atoms with Crippen molar-refractivity contribution in [2.45, 2.75) is 26.2 Å². The fourth-order valence-electron chi connectivity index (χ4n) is 1.19. The van der Waals surface area contributed by atoms with Gasteiger partial charge in [-0.15, -0.1) is 0 Å². The minimum atomic E-state index is -0.877. The molecule has 13 heavy (non-hydrogen) atoms. The first-order valence-electron chi connectivity index (χ1n) is 4.22. The number of carboxylic acids is 1. The minimum absolute atomic E-state index is 0.00542. The Morgan fingerprint density at radius 3 is 2.23 bits per heavy atom. The van der Waals surface area contributed by atoms with Crippen LogP contribution in [0.4, 0.5) is 0 Å². The second-order valence-corrected chi connectivity index (χ2v) is 4.28. The predicted octanol–water partition coefficient (Wildman–Crippen LogP) is 2.02. The first kappa shape index (κ1) is 9.84. The summed E-state index contributed by atoms with van der Waals surface area (Å²) in [4.78, 5) is 10.7. The molecule has 0 aliphatic carbocycles. The van der Waals surface area contributed by atoms with Crippen LogP contribution in [0.1, 0.15) is 36.8 Å². The van der Waals surface area contributed by atoms with E-state index in [0.717, 1.165) is 5.56 Å². The van der Waals surface area contributed by atoms with Crippen molar-refractivity contribution in [3.05, 3.63) is 23.5 Å². The van der Waals surface area contributed by atoms with Crippen molar-refractivity contribution in [3.63, 3.8) is 0 Å². The Morgan fingerprint density at radius 1 is 1.46 bits per heavy atom. The molecule has 72 valence electrons. The Morgan fingerprint density at radius 2 is 2.00 bits per heavy atom. The molecule has 1 aromatic heterocycles. The highest BCUT2D eigenvalue weighted by Gasteiger charge is 2.18. The molecule has 0 aromatic carbocycles. The number of carboxylic acid groups (broad SMARTS) is 1. The number of hydrogen-bond donors (Lipinski definition) is 1. The molecule has 0 spiro atoms. The van der Waals surface area contributed by atoms with Crippen LogP contribution in [0, 0.1) is 0 Å². The standard InChI is InChI=1S/C10H15NO2/c1-10(2,3)7-5-8(9(12)13)11(4)6-7/h5-6H,1-4H3,(H,12,13). The predicted molar refractivity (Wildman–Crippen MR) is 51.1 cm³/mol. The molecule has 0 saturated carbocycles. The molecule has 0 saturated heterocycles. The molecule has 3 nitrogen and oxygen atoms in total. The van der Waals surface area contributed by atoms with Gasteiger partial charge in [0, 0.05) is 13.2 Å². The highest BCUT2D eigenvalue weighted by atomic mass is 16.4. The van der Waals surface area contributed by atoms with Crippen LogP contribution in [-0.2, 0) is 12.5 Å². The van der Waals surface area contributed by atoms with E-state index >= 15 is 0 Å². The second kappa shape index (κ2) is 2.91. The van der Waals surface area contributed by atoms with Crippen molar-refractivity contribution in [3.8, 4) is 0 Å². The first-order chi connectivity index (χ1) is 5.82. The third-order valence-electron chi connectivity index (χ3n) is 2.09. The van der Waals surface area contributed by atoms with Crippen LogP contribution in [0.25, 0.3) is 0 Å². The Bertz CT molecular complexity index is 331. The molecule has 3 heteroatoms. The van der Waals surface area contributed by atoms with Gasteiger partial charge in [0.25, 0.3) is 0 Å². The van der Waals surface area contributed by atoms with Gasteiger partial charge in [-0.25, -0.2) is 4.79 Å². The van der Waals surface area contributed by atoms with E-state index < -0.39 is 5.97 Å². The molecule has 1 aromatic rings. The van der Waals surface area contributed by atoms with Crippen LogP contribution >= 0.6 is 0 Å². The molecule has 0 aliphatic rings. The van der Waals surface area contributed by atoms with Gasteiger partial charge in [-0.1, -0.05) is 20.8 Å². The van der Waals surface area contributed by atoms with Gasteiger partial charge in [0.05, 0.1) is 0 Å². The molecular weight excluding hydrogens is 166 g/mol. The maximum absolute atomic E-state index is 10.7. The normalized spacial score (nSPS) is 11.7. The number of aromatic carboxylic acids is 1. The van der Waals surface area contributed by atoms with E-state index in [9.17, 15) is 4.79 Å². The summed E-state index contributed by atoms with van der Waals surface area (Å²) in [6.07, 6.45) is 1.86. The number of carbonyl (C=O) groups is 1. The van der Waals surface area contributed by atoms with Gasteiger partial charge in [-0.3, -0.25) is 0 Å². The molecule has 1 heterocycles. The average Bonchev–Trinajstić information content (AvgIpc) is 2.29. The van der Waals surface area contributed by atoms with Gasteiger partial charge in [0.15, 0.2) is 0 Å². The fourth-order valence-corrected chi connectivity index (χ4v) is 1.19. The molecule has 0 fully saturated rings. The lowest BCUT2D eigenvalue weighted by Gasteiger charge is -2.15. The van der Waals surface area contributed by atoms with Gasteiger partial charge in [0.2, 0.25) is 0 Å². The molecule has 0 unspecified atom stereocenters. The Hall–Kier alpha value is -1.25. The highest BCUT2D eigenvalue weighted by molar-refractivity contribution is 5.86. The monoisotopic (exact) mass is 181 g/mol. The fraction of sp³-hybridized carbons (Fsp3) is 0.500. The maximum Gasteiger partial charge on any atom is 0.352 e. The van der Waals surface area contributed by atoms with Crippen molar-refractivity contribution in [1.29, 1.82) is 0 Å². The van der Waals surface area contributed by atoms with E-state index in [4.69, 9.17) is 5.11 Å². The first-order valence-corrected chi connectivity index (χ1v) is 4.22. The lowest BCUT2D eigenvalue weighted by molar-refractivity contribution is 0.0686. The summed E-state index contributed by atoms with van der Waals surface area (Å²) in [5, 5.41) is 8.82. The molecule has 0 bridgehead atoms. The van der Waals surface area contributed by atoms with Crippen molar-refractivity contribution in [2.75, 3.05) is 0 Å². The van der Waals surface area contributed by atoms with Crippen molar-refractivity contribution in [2.24, 2.45) is 7.05 Å². The number of aryl methyl sites for hydroxylation is 1. The summed E-state index contributed by atoms with van der Waals surface area (Å²) >= 11 is 0. The van der Waals surface area contributed by atoms with E-state index in [1.54, 1.807) is 17.7 Å². The topological polar surface area (TPSA) is 42.2 Å². The SMILES string of the molecule is Cn1cc(C(C)(C)C)cc1C(=O)O. The zero-order valence-electron chi connectivity index (χ0n) is 8.46. The van der Waals surface area contributed by atoms with E-state index in [1.165, 1.54) is 0 Å². The van der Waals surface area contributed by atoms with Crippen LogP contribution in [0.2, 0.25) is 0 Å². The van der Waals surface area contributed by atoms with Crippen LogP contribution in [-0.4, -0.2) is 15.6 Å². The maximum atomic E-state index is 10.7. The largest absolute Gasteiger partial charge is 0.477 e. The molecule has 1 N–H and O–H groups in total. The Balaban J connectivity index is 3.17. The van der Waals surface area contributed by atoms with E-state index in [0.29, 0.717) is 5.69 Å². The lowest BCUT2D eigenvalue weighted by Crippen LogP contribution is -2.09. The van der Waals surface area contributed by atoms with Gasteiger partial charge in [-0.05, 0) is 17.0 Å². The van der Waals surface area contributed by atoms with Crippen molar-refractivity contribution < 1.29 is 9.90 Å². The van der Waals surface area contributed by atoms with Gasteiger partial charge < -0.3 is 9.67 Å². The smallest absolute Gasteiger partial charge is 0.352 e. The Labute approximate surface area is 78.0 Å². The number of hydrogen-bond acceptors (Lipinski definition) is 1. The van der Waals surface area contributed by atoms with Crippen LogP contribution in [0.15, 0.2) is 12.3 Å². The van der Waals surface area contributed by atoms with Crippen LogP contribution in [0.3, 0.4) is 0 Å². The number of rotatable bonds is 1. The molecule has 0 radical (unpaired) electrons. The summed E-state index contributed by atoms with van der Waals surface area (Å²) in [6.45, 7) is 6.19. The quantitative estimate of drug-likeness (QED) is 0.720. The Kier molecular flexibility index (Phi) is 2.20. The van der Waals surface area contributed by atoms with E-state index in [2.05, 4.69) is 20.8 Å². The van der Waals surface area contributed by atoms with Gasteiger partial charge in [0.1, 0.15) is 5.69 Å². The lowest BCUT2D eigenvalue weighted by atomic mass is 9.89. The van der Waals surface area contributed by atoms with Crippen LogP contribution < -0.4 is 0 Å². The van der Waals surface area contributed by atoms with Crippen molar-refractivity contribution >= 4 is 5.97 Å².